The maximum absolute atomic E-state index is 12.9. The molecule has 0 unspecified atom stereocenters. The minimum atomic E-state index is -0.573. The number of ether oxygens (including phenoxy) is 1. The lowest BCUT2D eigenvalue weighted by molar-refractivity contribution is -0.120. The topological polar surface area (TPSA) is 110 Å². The van der Waals surface area contributed by atoms with Gasteiger partial charge in [0, 0.05) is 18.7 Å². The van der Waals surface area contributed by atoms with Crippen molar-refractivity contribution < 1.29 is 14.3 Å². The van der Waals surface area contributed by atoms with Crippen molar-refractivity contribution in [3.8, 4) is 17.0 Å². The molecule has 1 aliphatic heterocycles. The summed E-state index contributed by atoms with van der Waals surface area (Å²) in [6, 6.07) is 18.2. The number of para-hydroxylation sites is 2. The lowest BCUT2D eigenvalue weighted by atomic mass is 9.96. The molecule has 3 aromatic rings. The van der Waals surface area contributed by atoms with Gasteiger partial charge in [-0.25, -0.2) is 0 Å². The van der Waals surface area contributed by atoms with Gasteiger partial charge in [0.1, 0.15) is 5.75 Å². The first-order chi connectivity index (χ1) is 15.6. The molecule has 1 atom stereocenters. The van der Waals surface area contributed by atoms with Crippen LogP contribution >= 0.6 is 0 Å². The molecule has 8 nitrogen and oxygen atoms in total. The number of nitrogens with one attached hydrogen (secondary N) is 1. The molecule has 32 heavy (non-hydrogen) atoms. The highest BCUT2D eigenvalue weighted by molar-refractivity contribution is 6.03. The van der Waals surface area contributed by atoms with Crippen LogP contribution in [0.5, 0.6) is 5.75 Å². The molecule has 164 valence electrons. The molecule has 0 saturated carbocycles. The molecule has 2 aromatic carbocycles. The fourth-order valence-electron chi connectivity index (χ4n) is 3.93. The number of nitrogens with zero attached hydrogens (tertiary/aromatic N) is 3. The number of piperidine rings is 1. The van der Waals surface area contributed by atoms with Crippen molar-refractivity contribution in [2.24, 2.45) is 11.7 Å². The van der Waals surface area contributed by atoms with Crippen molar-refractivity contribution in [2.45, 2.75) is 12.8 Å². The minimum absolute atomic E-state index is 0.137. The molecule has 0 radical (unpaired) electrons. The number of aromatic nitrogens is 2. The van der Waals surface area contributed by atoms with E-state index in [0.717, 1.165) is 42.2 Å². The van der Waals surface area contributed by atoms with Gasteiger partial charge in [0.15, 0.2) is 5.82 Å². The monoisotopic (exact) mass is 431 g/mol. The predicted molar refractivity (Wildman–Crippen MR) is 123 cm³/mol. The molecule has 2 heterocycles. The van der Waals surface area contributed by atoms with E-state index in [0.29, 0.717) is 17.8 Å². The molecular formula is C24H25N5O3. The second-order valence-corrected chi connectivity index (χ2v) is 7.66. The molecule has 1 saturated heterocycles. The highest BCUT2D eigenvalue weighted by atomic mass is 16.5. The normalized spacial score (nSPS) is 15.8. The highest BCUT2D eigenvalue weighted by Crippen LogP contribution is 2.29. The Labute approximate surface area is 186 Å². The summed E-state index contributed by atoms with van der Waals surface area (Å²) < 4.78 is 5.41. The first-order valence-electron chi connectivity index (χ1n) is 10.5. The number of methoxy groups -OCH3 is 1. The summed E-state index contributed by atoms with van der Waals surface area (Å²) in [6.07, 6.45) is 1.61. The number of benzene rings is 2. The maximum Gasteiger partial charge on any atom is 0.250 e. The minimum Gasteiger partial charge on any atom is -0.496 e. The molecule has 0 bridgehead atoms. The van der Waals surface area contributed by atoms with Gasteiger partial charge in [-0.15, -0.1) is 10.2 Å². The zero-order valence-electron chi connectivity index (χ0n) is 17.8. The van der Waals surface area contributed by atoms with Crippen molar-refractivity contribution in [3.05, 3.63) is 66.2 Å². The summed E-state index contributed by atoms with van der Waals surface area (Å²) in [5.74, 6) is 0.512. The Kier molecular flexibility index (Phi) is 6.30. The number of nitrogens with two attached hydrogens (primary N) is 1. The Morgan fingerprint density at radius 3 is 2.59 bits per heavy atom. The number of carbonyl (C=O) groups is 2. The number of hydrogen-bond acceptors (Lipinski definition) is 6. The van der Waals surface area contributed by atoms with E-state index in [1.54, 1.807) is 31.4 Å². The Morgan fingerprint density at radius 2 is 1.84 bits per heavy atom. The van der Waals surface area contributed by atoms with Crippen LogP contribution in [0.4, 0.5) is 11.5 Å². The molecule has 1 fully saturated rings. The molecular weight excluding hydrogens is 406 g/mol. The lowest BCUT2D eigenvalue weighted by Gasteiger charge is -2.32. The zero-order chi connectivity index (χ0) is 22.5. The van der Waals surface area contributed by atoms with Gasteiger partial charge in [-0.3, -0.25) is 9.59 Å². The molecule has 1 aromatic heterocycles. The third kappa shape index (κ3) is 4.54. The van der Waals surface area contributed by atoms with Crippen molar-refractivity contribution in [2.75, 3.05) is 30.4 Å². The summed E-state index contributed by atoms with van der Waals surface area (Å²) in [6.45, 7) is 1.32. The first-order valence-corrected chi connectivity index (χ1v) is 10.5. The maximum atomic E-state index is 12.9. The van der Waals surface area contributed by atoms with Crippen LogP contribution in [-0.4, -0.2) is 42.2 Å². The lowest BCUT2D eigenvalue weighted by Crippen LogP contribution is -2.41. The summed E-state index contributed by atoms with van der Waals surface area (Å²) in [5, 5.41) is 11.6. The Morgan fingerprint density at radius 1 is 1.06 bits per heavy atom. The fourth-order valence-corrected chi connectivity index (χ4v) is 3.93. The SMILES string of the molecule is COc1ccccc1-c1ccc(N2CCC[C@H](C(=O)Nc3ccccc3C(N)=O)C2)nn1. The fraction of sp³-hybridized carbons (Fsp3) is 0.250. The summed E-state index contributed by atoms with van der Waals surface area (Å²) >= 11 is 0. The van der Waals surface area contributed by atoms with Crippen LogP contribution in [0.1, 0.15) is 23.2 Å². The smallest absolute Gasteiger partial charge is 0.250 e. The molecule has 8 heteroatoms. The van der Waals surface area contributed by atoms with Gasteiger partial charge >= 0.3 is 0 Å². The second-order valence-electron chi connectivity index (χ2n) is 7.66. The van der Waals surface area contributed by atoms with Gasteiger partial charge in [-0.05, 0) is 49.2 Å². The number of anilines is 2. The number of primary amides is 1. The number of carbonyl (C=O) groups excluding carboxylic acids is 2. The molecule has 1 aliphatic rings. The van der Waals surface area contributed by atoms with Crippen molar-refractivity contribution >= 4 is 23.3 Å². The average molecular weight is 431 g/mol. The van der Waals surface area contributed by atoms with Crippen LogP contribution in [0.3, 0.4) is 0 Å². The van der Waals surface area contributed by atoms with E-state index in [1.807, 2.05) is 36.4 Å². The second kappa shape index (κ2) is 9.47. The predicted octanol–water partition coefficient (Wildman–Crippen LogP) is 3.11. The zero-order valence-corrected chi connectivity index (χ0v) is 17.8. The quantitative estimate of drug-likeness (QED) is 0.621. The van der Waals surface area contributed by atoms with E-state index in [4.69, 9.17) is 10.5 Å². The summed E-state index contributed by atoms with van der Waals surface area (Å²) in [7, 11) is 1.63. The van der Waals surface area contributed by atoms with Crippen molar-refractivity contribution in [1.82, 2.24) is 10.2 Å². The average Bonchev–Trinajstić information content (AvgIpc) is 2.84. The van der Waals surface area contributed by atoms with Crippen molar-refractivity contribution in [3.63, 3.8) is 0 Å². The van der Waals surface area contributed by atoms with E-state index in [-0.39, 0.29) is 11.8 Å². The van der Waals surface area contributed by atoms with Gasteiger partial charge < -0.3 is 20.7 Å². The van der Waals surface area contributed by atoms with Crippen LogP contribution in [0, 0.1) is 5.92 Å². The van der Waals surface area contributed by atoms with Crippen LogP contribution < -0.4 is 20.7 Å². The Bertz CT molecular complexity index is 1120. The Balaban J connectivity index is 1.46. The third-order valence-corrected chi connectivity index (χ3v) is 5.60. The molecule has 2 amide bonds. The van der Waals surface area contributed by atoms with Gasteiger partial charge in [0.05, 0.1) is 30.0 Å². The number of rotatable bonds is 6. The standard InChI is InChI=1S/C24H25N5O3/c1-32-21-11-5-3-8-17(21)20-12-13-22(28-27-20)29-14-6-7-16(15-29)24(31)26-19-10-4-2-9-18(19)23(25)30/h2-5,8-13,16H,6-7,14-15H2,1H3,(H2,25,30)(H,26,31)/t16-/m0/s1. The molecule has 0 aliphatic carbocycles. The molecule has 3 N–H and O–H groups in total. The van der Waals surface area contributed by atoms with Crippen LogP contribution in [0.2, 0.25) is 0 Å². The third-order valence-electron chi connectivity index (χ3n) is 5.60. The van der Waals surface area contributed by atoms with E-state index < -0.39 is 5.91 Å². The number of hydrogen-bond donors (Lipinski definition) is 2. The van der Waals surface area contributed by atoms with Gasteiger partial charge in [0.2, 0.25) is 5.91 Å². The van der Waals surface area contributed by atoms with Gasteiger partial charge in [-0.2, -0.15) is 0 Å². The van der Waals surface area contributed by atoms with E-state index in [1.165, 1.54) is 0 Å². The summed E-state index contributed by atoms with van der Waals surface area (Å²) in [5.41, 5.74) is 7.74. The molecule has 0 spiro atoms. The van der Waals surface area contributed by atoms with E-state index in [9.17, 15) is 9.59 Å². The van der Waals surface area contributed by atoms with Crippen molar-refractivity contribution in [1.29, 1.82) is 0 Å². The van der Waals surface area contributed by atoms with Crippen LogP contribution in [-0.2, 0) is 4.79 Å². The Hall–Kier alpha value is -3.94. The highest BCUT2D eigenvalue weighted by Gasteiger charge is 2.27. The number of amides is 2. The van der Waals surface area contributed by atoms with Crippen LogP contribution in [0.15, 0.2) is 60.7 Å². The molecule has 4 rings (SSSR count). The van der Waals surface area contributed by atoms with Crippen LogP contribution in [0.25, 0.3) is 11.3 Å². The summed E-state index contributed by atoms with van der Waals surface area (Å²) in [4.78, 5) is 26.6. The first kappa shape index (κ1) is 21.3. The van der Waals surface area contributed by atoms with E-state index in [2.05, 4.69) is 20.4 Å². The van der Waals surface area contributed by atoms with Gasteiger partial charge in [-0.1, -0.05) is 24.3 Å². The van der Waals surface area contributed by atoms with Gasteiger partial charge in [0.25, 0.3) is 5.91 Å². The largest absolute Gasteiger partial charge is 0.496 e. The van der Waals surface area contributed by atoms with E-state index >= 15 is 0 Å².